The van der Waals surface area contributed by atoms with E-state index in [1.165, 1.54) is 0 Å². The molecule has 0 bridgehead atoms. The number of hydrogen-bond donors (Lipinski definition) is 2. The van der Waals surface area contributed by atoms with Crippen LogP contribution in [-0.4, -0.2) is 43.7 Å². The molecule has 0 atom stereocenters. The van der Waals surface area contributed by atoms with Gasteiger partial charge >= 0.3 is 11.9 Å². The zero-order valence-electron chi connectivity index (χ0n) is 14.7. The van der Waals surface area contributed by atoms with E-state index < -0.39 is 17.9 Å². The fraction of sp³-hybridized carbons (Fsp3) is 0.211. The molecule has 2 N–H and O–H groups in total. The van der Waals surface area contributed by atoms with Gasteiger partial charge in [-0.1, -0.05) is 12.1 Å². The van der Waals surface area contributed by atoms with E-state index in [9.17, 15) is 19.8 Å². The van der Waals surface area contributed by atoms with E-state index in [1.807, 2.05) is 16.7 Å². The molecule has 1 aromatic heterocycles. The third kappa shape index (κ3) is 2.77. The fourth-order valence-corrected chi connectivity index (χ4v) is 3.32. The van der Waals surface area contributed by atoms with Crippen LogP contribution in [0.4, 0.5) is 0 Å². The Kier molecular flexibility index (Phi) is 4.38. The standard InChI is InChI=1S/C19H19N3O4/c1-11-15(18(23)24)17(16(19(25)26)12(2)21(11)3)13-4-6-14(7-5-13)22-9-8-20-10-22/h4-10,17H,1-3H3,(H,23,24)(H,25,26). The van der Waals surface area contributed by atoms with Gasteiger partial charge < -0.3 is 19.7 Å². The van der Waals surface area contributed by atoms with Crippen molar-refractivity contribution in [3.63, 3.8) is 0 Å². The van der Waals surface area contributed by atoms with Gasteiger partial charge in [0, 0.05) is 36.5 Å². The van der Waals surface area contributed by atoms with Crippen molar-refractivity contribution in [3.05, 3.63) is 71.1 Å². The van der Waals surface area contributed by atoms with Crippen molar-refractivity contribution >= 4 is 11.9 Å². The van der Waals surface area contributed by atoms with Crippen molar-refractivity contribution in [3.8, 4) is 5.69 Å². The Morgan fingerprint density at radius 3 is 1.96 bits per heavy atom. The summed E-state index contributed by atoms with van der Waals surface area (Å²) in [7, 11) is 1.68. The zero-order valence-corrected chi connectivity index (χ0v) is 14.7. The highest BCUT2D eigenvalue weighted by molar-refractivity contribution is 5.98. The highest BCUT2D eigenvalue weighted by Gasteiger charge is 2.38. The van der Waals surface area contributed by atoms with E-state index in [0.717, 1.165) is 5.69 Å². The predicted octanol–water partition coefficient (Wildman–Crippen LogP) is 2.62. The summed E-state index contributed by atoms with van der Waals surface area (Å²) in [6.45, 7) is 3.39. The molecule has 7 heteroatoms. The molecule has 0 radical (unpaired) electrons. The van der Waals surface area contributed by atoms with Gasteiger partial charge in [-0.25, -0.2) is 14.6 Å². The lowest BCUT2D eigenvalue weighted by atomic mass is 9.80. The summed E-state index contributed by atoms with van der Waals surface area (Å²) in [5, 5.41) is 19.5. The van der Waals surface area contributed by atoms with Gasteiger partial charge in [0.25, 0.3) is 0 Å². The molecule has 2 heterocycles. The molecular formula is C19H19N3O4. The normalized spacial score (nSPS) is 15.6. The second-order valence-electron chi connectivity index (χ2n) is 6.16. The summed E-state index contributed by atoms with van der Waals surface area (Å²) in [4.78, 5) is 29.4. The zero-order chi connectivity index (χ0) is 19.0. The van der Waals surface area contributed by atoms with Crippen LogP contribution in [0.15, 0.2) is 65.5 Å². The topological polar surface area (TPSA) is 95.7 Å². The Morgan fingerprint density at radius 2 is 1.54 bits per heavy atom. The van der Waals surface area contributed by atoms with Crippen molar-refractivity contribution in [2.75, 3.05) is 7.05 Å². The van der Waals surface area contributed by atoms with Gasteiger partial charge in [0.2, 0.25) is 0 Å². The molecule has 0 saturated carbocycles. The second kappa shape index (κ2) is 6.51. The van der Waals surface area contributed by atoms with Gasteiger partial charge in [-0.15, -0.1) is 0 Å². The fourth-order valence-electron chi connectivity index (χ4n) is 3.32. The SMILES string of the molecule is CC1=C(C(=O)O)C(c2ccc(-n3ccnc3)cc2)C(C(=O)O)=C(C)N1C. The molecule has 0 saturated heterocycles. The van der Waals surface area contributed by atoms with Gasteiger partial charge in [0.05, 0.1) is 23.4 Å². The molecule has 3 rings (SSSR count). The Morgan fingerprint density at radius 1 is 1.00 bits per heavy atom. The number of carbonyl (C=O) groups is 2. The van der Waals surface area contributed by atoms with Gasteiger partial charge in [-0.2, -0.15) is 0 Å². The van der Waals surface area contributed by atoms with Crippen LogP contribution in [0.3, 0.4) is 0 Å². The number of benzene rings is 1. The summed E-state index contributed by atoms with van der Waals surface area (Å²) >= 11 is 0. The number of rotatable bonds is 4. The lowest BCUT2D eigenvalue weighted by Gasteiger charge is -2.34. The van der Waals surface area contributed by atoms with Gasteiger partial charge in [-0.3, -0.25) is 0 Å². The van der Waals surface area contributed by atoms with Gasteiger partial charge in [0.1, 0.15) is 0 Å². The highest BCUT2D eigenvalue weighted by Crippen LogP contribution is 2.41. The van der Waals surface area contributed by atoms with E-state index in [-0.39, 0.29) is 11.1 Å². The average Bonchev–Trinajstić information content (AvgIpc) is 3.13. The Hall–Kier alpha value is -3.35. The minimum atomic E-state index is -1.12. The third-order valence-corrected chi connectivity index (χ3v) is 4.85. The van der Waals surface area contributed by atoms with Crippen molar-refractivity contribution in [1.29, 1.82) is 0 Å². The molecule has 2 aromatic rings. The Labute approximate surface area is 150 Å². The molecule has 0 aliphatic carbocycles. The smallest absolute Gasteiger partial charge is 0.334 e. The Balaban J connectivity index is 2.15. The maximum absolute atomic E-state index is 11.9. The first-order valence-electron chi connectivity index (χ1n) is 8.03. The lowest BCUT2D eigenvalue weighted by molar-refractivity contribution is -0.133. The number of imidazole rings is 1. The first-order valence-corrected chi connectivity index (χ1v) is 8.03. The molecule has 0 amide bonds. The van der Waals surface area contributed by atoms with Crippen LogP contribution in [0.2, 0.25) is 0 Å². The first-order chi connectivity index (χ1) is 12.3. The van der Waals surface area contributed by atoms with Crippen LogP contribution in [0, 0.1) is 0 Å². The van der Waals surface area contributed by atoms with E-state index in [1.54, 1.807) is 56.6 Å². The summed E-state index contributed by atoms with van der Waals surface area (Å²) in [5.74, 6) is -3.08. The van der Waals surface area contributed by atoms with Crippen LogP contribution < -0.4 is 0 Å². The van der Waals surface area contributed by atoms with Crippen molar-refractivity contribution in [2.24, 2.45) is 0 Å². The molecule has 0 fully saturated rings. The van der Waals surface area contributed by atoms with Crippen LogP contribution in [-0.2, 0) is 9.59 Å². The number of carboxylic acids is 2. The number of carboxylic acid groups (broad SMARTS) is 2. The van der Waals surface area contributed by atoms with Gasteiger partial charge in [-0.05, 0) is 31.5 Å². The number of allylic oxidation sites excluding steroid dienone is 2. The van der Waals surface area contributed by atoms with Crippen LogP contribution >= 0.6 is 0 Å². The van der Waals surface area contributed by atoms with Crippen LogP contribution in [0.1, 0.15) is 25.3 Å². The summed E-state index contributed by atoms with van der Waals surface area (Å²) in [6.07, 6.45) is 5.11. The van der Waals surface area contributed by atoms with Crippen molar-refractivity contribution < 1.29 is 19.8 Å². The Bertz CT molecular complexity index is 886. The molecular weight excluding hydrogens is 334 g/mol. The molecule has 1 aliphatic rings. The third-order valence-electron chi connectivity index (χ3n) is 4.85. The summed E-state index contributed by atoms with van der Waals surface area (Å²) in [5.41, 5.74) is 2.69. The number of aromatic nitrogens is 2. The maximum Gasteiger partial charge on any atom is 0.334 e. The second-order valence-corrected chi connectivity index (χ2v) is 6.16. The number of aliphatic carboxylic acids is 2. The minimum absolute atomic E-state index is 0.0749. The van der Waals surface area contributed by atoms with Crippen LogP contribution in [0.25, 0.3) is 5.69 Å². The van der Waals surface area contributed by atoms with Crippen molar-refractivity contribution in [2.45, 2.75) is 19.8 Å². The van der Waals surface area contributed by atoms with E-state index in [0.29, 0.717) is 17.0 Å². The molecule has 0 unspecified atom stereocenters. The largest absolute Gasteiger partial charge is 0.478 e. The van der Waals surface area contributed by atoms with Crippen molar-refractivity contribution in [1.82, 2.24) is 14.5 Å². The monoisotopic (exact) mass is 353 g/mol. The molecule has 134 valence electrons. The highest BCUT2D eigenvalue weighted by atomic mass is 16.4. The molecule has 7 nitrogen and oxygen atoms in total. The van der Waals surface area contributed by atoms with Crippen LogP contribution in [0.5, 0.6) is 0 Å². The summed E-state index contributed by atoms with van der Waals surface area (Å²) < 4.78 is 1.82. The van der Waals surface area contributed by atoms with E-state index >= 15 is 0 Å². The molecule has 1 aliphatic heterocycles. The minimum Gasteiger partial charge on any atom is -0.478 e. The maximum atomic E-state index is 11.9. The quantitative estimate of drug-likeness (QED) is 0.877. The first kappa shape index (κ1) is 17.5. The summed E-state index contributed by atoms with van der Waals surface area (Å²) in [6, 6.07) is 7.16. The number of hydrogen-bond acceptors (Lipinski definition) is 4. The average molecular weight is 353 g/mol. The van der Waals surface area contributed by atoms with E-state index in [2.05, 4.69) is 4.98 Å². The lowest BCUT2D eigenvalue weighted by Crippen LogP contribution is -2.32. The predicted molar refractivity (Wildman–Crippen MR) is 94.7 cm³/mol. The van der Waals surface area contributed by atoms with Gasteiger partial charge in [0.15, 0.2) is 0 Å². The molecule has 1 aromatic carbocycles. The molecule has 0 spiro atoms. The molecule has 26 heavy (non-hydrogen) atoms. The van der Waals surface area contributed by atoms with E-state index in [4.69, 9.17) is 0 Å². The number of nitrogens with zero attached hydrogens (tertiary/aromatic N) is 3.